The van der Waals surface area contributed by atoms with Gasteiger partial charge in [-0.05, 0) is 68.6 Å². The molecule has 0 unspecified atom stereocenters. The monoisotopic (exact) mass is 254 g/mol. The molecule has 0 heterocycles. The molecule has 2 fully saturated rings. The van der Waals surface area contributed by atoms with Crippen LogP contribution in [0.15, 0.2) is 0 Å². The maximum absolute atomic E-state index is 9.68. The summed E-state index contributed by atoms with van der Waals surface area (Å²) in [5.74, 6) is 1.57. The van der Waals surface area contributed by atoms with E-state index in [2.05, 4.69) is 13.8 Å². The Morgan fingerprint density at radius 1 is 0.778 bits per heavy atom. The Bertz CT molecular complexity index is 226. The van der Waals surface area contributed by atoms with Crippen molar-refractivity contribution in [3.05, 3.63) is 0 Å². The quantitative estimate of drug-likeness (QED) is 0.809. The minimum absolute atomic E-state index is 0.0458. The van der Waals surface area contributed by atoms with Gasteiger partial charge in [-0.3, -0.25) is 0 Å². The summed E-state index contributed by atoms with van der Waals surface area (Å²) in [6, 6.07) is 0. The first-order chi connectivity index (χ1) is 8.56. The van der Waals surface area contributed by atoms with Gasteiger partial charge in [0, 0.05) is 0 Å². The Hall–Kier alpha value is -0.0800. The first-order valence-corrected chi connectivity index (χ1v) is 7.92. The summed E-state index contributed by atoms with van der Waals surface area (Å²) in [5, 5.41) is 19.4. The van der Waals surface area contributed by atoms with Gasteiger partial charge in [0.1, 0.15) is 0 Å². The van der Waals surface area contributed by atoms with Crippen molar-refractivity contribution in [3.8, 4) is 0 Å². The van der Waals surface area contributed by atoms with Gasteiger partial charge in [0.2, 0.25) is 0 Å². The van der Waals surface area contributed by atoms with Gasteiger partial charge in [0.25, 0.3) is 0 Å². The van der Waals surface area contributed by atoms with Crippen LogP contribution in [0.25, 0.3) is 0 Å². The third-order valence-electron chi connectivity index (χ3n) is 6.02. The van der Waals surface area contributed by atoms with Crippen molar-refractivity contribution < 1.29 is 10.2 Å². The van der Waals surface area contributed by atoms with Crippen molar-refractivity contribution in [1.29, 1.82) is 0 Å². The standard InChI is InChI=1S/C16H30O2/c1-3-16(2,12-4-8-14(17)9-5-12)13-6-10-15(18)11-7-13/h12-15,17-18H,3-11H2,1-2H3. The van der Waals surface area contributed by atoms with Gasteiger partial charge in [-0.2, -0.15) is 0 Å². The molecule has 0 spiro atoms. The summed E-state index contributed by atoms with van der Waals surface area (Å²) >= 11 is 0. The van der Waals surface area contributed by atoms with E-state index in [4.69, 9.17) is 0 Å². The average molecular weight is 254 g/mol. The Morgan fingerprint density at radius 3 is 1.39 bits per heavy atom. The predicted molar refractivity (Wildman–Crippen MR) is 74.3 cm³/mol. The first-order valence-electron chi connectivity index (χ1n) is 7.92. The molecule has 2 aliphatic rings. The van der Waals surface area contributed by atoms with E-state index in [1.807, 2.05) is 0 Å². The molecule has 0 atom stereocenters. The number of hydrogen-bond acceptors (Lipinski definition) is 2. The van der Waals surface area contributed by atoms with Gasteiger partial charge in [-0.25, -0.2) is 0 Å². The molecule has 0 aromatic rings. The van der Waals surface area contributed by atoms with Crippen LogP contribution in [0.5, 0.6) is 0 Å². The molecule has 0 aromatic heterocycles. The minimum atomic E-state index is -0.0458. The van der Waals surface area contributed by atoms with E-state index in [9.17, 15) is 10.2 Å². The van der Waals surface area contributed by atoms with Crippen molar-refractivity contribution in [3.63, 3.8) is 0 Å². The fourth-order valence-corrected chi connectivity index (χ4v) is 4.38. The minimum Gasteiger partial charge on any atom is -0.393 e. The largest absolute Gasteiger partial charge is 0.393 e. The van der Waals surface area contributed by atoms with Crippen LogP contribution in [0.3, 0.4) is 0 Å². The van der Waals surface area contributed by atoms with Crippen molar-refractivity contribution in [2.45, 2.75) is 83.8 Å². The number of aliphatic hydroxyl groups excluding tert-OH is 2. The van der Waals surface area contributed by atoms with Crippen LogP contribution >= 0.6 is 0 Å². The van der Waals surface area contributed by atoms with Crippen molar-refractivity contribution in [1.82, 2.24) is 0 Å². The lowest BCUT2D eigenvalue weighted by molar-refractivity contribution is -0.0113. The number of hydrogen-bond donors (Lipinski definition) is 2. The van der Waals surface area contributed by atoms with E-state index in [-0.39, 0.29) is 12.2 Å². The number of aliphatic hydroxyl groups is 2. The fourth-order valence-electron chi connectivity index (χ4n) is 4.38. The van der Waals surface area contributed by atoms with Crippen LogP contribution < -0.4 is 0 Å². The highest BCUT2D eigenvalue weighted by atomic mass is 16.3. The molecule has 0 bridgehead atoms. The summed E-state index contributed by atoms with van der Waals surface area (Å²) in [6.07, 6.45) is 9.93. The zero-order valence-electron chi connectivity index (χ0n) is 12.1. The molecular formula is C16H30O2. The molecule has 0 saturated heterocycles. The SMILES string of the molecule is CCC(C)(C1CCC(O)CC1)C1CCC(O)CC1. The predicted octanol–water partition coefficient (Wildman–Crippen LogP) is 3.50. The normalized spacial score (nSPS) is 41.3. The molecule has 2 saturated carbocycles. The number of rotatable bonds is 3. The molecule has 2 N–H and O–H groups in total. The highest BCUT2D eigenvalue weighted by Gasteiger charge is 2.42. The highest BCUT2D eigenvalue weighted by molar-refractivity contribution is 4.92. The van der Waals surface area contributed by atoms with Crippen molar-refractivity contribution in [2.75, 3.05) is 0 Å². The molecule has 106 valence electrons. The van der Waals surface area contributed by atoms with Crippen LogP contribution in [0.1, 0.15) is 71.6 Å². The summed E-state index contributed by atoms with van der Waals surface area (Å²) in [7, 11) is 0. The molecule has 2 rings (SSSR count). The maximum Gasteiger partial charge on any atom is 0.0540 e. The molecule has 0 radical (unpaired) electrons. The first kappa shape index (κ1) is 14.3. The van der Waals surface area contributed by atoms with Crippen LogP contribution in [0.2, 0.25) is 0 Å². The van der Waals surface area contributed by atoms with E-state index in [0.29, 0.717) is 5.41 Å². The van der Waals surface area contributed by atoms with E-state index in [1.165, 1.54) is 32.1 Å². The molecule has 2 aliphatic carbocycles. The van der Waals surface area contributed by atoms with Gasteiger partial charge in [-0.15, -0.1) is 0 Å². The Labute approximate surface area is 112 Å². The van der Waals surface area contributed by atoms with E-state index in [1.54, 1.807) is 0 Å². The third kappa shape index (κ3) is 2.91. The second-order valence-corrected chi connectivity index (χ2v) is 6.87. The average Bonchev–Trinajstić information content (AvgIpc) is 2.39. The van der Waals surface area contributed by atoms with Gasteiger partial charge in [0.15, 0.2) is 0 Å². The lowest BCUT2D eigenvalue weighted by Gasteiger charge is -2.48. The molecule has 0 aromatic carbocycles. The second kappa shape index (κ2) is 5.92. The molecule has 2 heteroatoms. The van der Waals surface area contributed by atoms with Gasteiger partial charge < -0.3 is 10.2 Å². The lowest BCUT2D eigenvalue weighted by atomic mass is 9.58. The zero-order valence-corrected chi connectivity index (χ0v) is 12.1. The van der Waals surface area contributed by atoms with E-state index in [0.717, 1.165) is 37.5 Å². The molecular weight excluding hydrogens is 224 g/mol. The zero-order chi connectivity index (χ0) is 13.2. The lowest BCUT2D eigenvalue weighted by Crippen LogP contribution is -2.40. The van der Waals surface area contributed by atoms with Crippen molar-refractivity contribution in [2.24, 2.45) is 17.3 Å². The van der Waals surface area contributed by atoms with Gasteiger partial charge in [0.05, 0.1) is 12.2 Å². The molecule has 2 nitrogen and oxygen atoms in total. The maximum atomic E-state index is 9.68. The van der Waals surface area contributed by atoms with Gasteiger partial charge in [-0.1, -0.05) is 20.3 Å². The Morgan fingerprint density at radius 2 is 1.11 bits per heavy atom. The Balaban J connectivity index is 2.00. The van der Waals surface area contributed by atoms with E-state index < -0.39 is 0 Å². The summed E-state index contributed by atoms with van der Waals surface area (Å²) < 4.78 is 0. The third-order valence-corrected chi connectivity index (χ3v) is 6.02. The summed E-state index contributed by atoms with van der Waals surface area (Å²) in [6.45, 7) is 4.80. The summed E-state index contributed by atoms with van der Waals surface area (Å²) in [5.41, 5.74) is 0.431. The van der Waals surface area contributed by atoms with Gasteiger partial charge >= 0.3 is 0 Å². The molecule has 0 aliphatic heterocycles. The topological polar surface area (TPSA) is 40.5 Å². The van der Waals surface area contributed by atoms with Crippen LogP contribution in [0, 0.1) is 17.3 Å². The van der Waals surface area contributed by atoms with Crippen LogP contribution in [-0.2, 0) is 0 Å². The summed E-state index contributed by atoms with van der Waals surface area (Å²) in [4.78, 5) is 0. The van der Waals surface area contributed by atoms with Crippen molar-refractivity contribution >= 4 is 0 Å². The Kier molecular flexibility index (Phi) is 4.71. The molecule has 0 amide bonds. The highest BCUT2D eigenvalue weighted by Crippen LogP contribution is 2.50. The van der Waals surface area contributed by atoms with E-state index >= 15 is 0 Å². The van der Waals surface area contributed by atoms with Crippen LogP contribution in [0.4, 0.5) is 0 Å². The smallest absolute Gasteiger partial charge is 0.0540 e. The molecule has 18 heavy (non-hydrogen) atoms. The second-order valence-electron chi connectivity index (χ2n) is 6.87. The fraction of sp³-hybridized carbons (Fsp3) is 1.00. The van der Waals surface area contributed by atoms with Crippen LogP contribution in [-0.4, -0.2) is 22.4 Å².